The SMILES string of the molecule is Cc1cccc(-c2cnc(C)c([C@H](OC(C)(C)C)C(=O)O)c2N2CCC(C)(C)CC2)c1F. The Kier molecular flexibility index (Phi) is 6.66. The van der Waals surface area contributed by atoms with Gasteiger partial charge >= 0.3 is 5.97 Å². The van der Waals surface area contributed by atoms with Crippen molar-refractivity contribution in [2.45, 2.75) is 73.0 Å². The molecule has 0 saturated carbocycles. The number of hydrogen-bond acceptors (Lipinski definition) is 4. The van der Waals surface area contributed by atoms with Crippen LogP contribution in [0.1, 0.15) is 70.4 Å². The Hall–Kier alpha value is -2.47. The summed E-state index contributed by atoms with van der Waals surface area (Å²) < 4.78 is 21.3. The number of aliphatic carboxylic acids is 1. The van der Waals surface area contributed by atoms with E-state index in [1.54, 1.807) is 32.2 Å². The van der Waals surface area contributed by atoms with Crippen molar-refractivity contribution < 1.29 is 19.0 Å². The van der Waals surface area contributed by atoms with Gasteiger partial charge in [-0.3, -0.25) is 4.98 Å². The zero-order valence-corrected chi connectivity index (χ0v) is 20.3. The first-order valence-electron chi connectivity index (χ1n) is 11.2. The summed E-state index contributed by atoms with van der Waals surface area (Å²) in [7, 11) is 0. The van der Waals surface area contributed by atoms with Crippen LogP contribution in [0.2, 0.25) is 0 Å². The molecule has 1 atom stereocenters. The molecule has 32 heavy (non-hydrogen) atoms. The first-order valence-corrected chi connectivity index (χ1v) is 11.2. The smallest absolute Gasteiger partial charge is 0.337 e. The predicted molar refractivity (Wildman–Crippen MR) is 126 cm³/mol. The Morgan fingerprint density at radius 2 is 1.81 bits per heavy atom. The minimum absolute atomic E-state index is 0.210. The lowest BCUT2D eigenvalue weighted by Crippen LogP contribution is -2.39. The maximum Gasteiger partial charge on any atom is 0.337 e. The van der Waals surface area contributed by atoms with Crippen LogP contribution < -0.4 is 4.90 Å². The quantitative estimate of drug-likeness (QED) is 0.609. The van der Waals surface area contributed by atoms with Gasteiger partial charge in [0.15, 0.2) is 6.10 Å². The molecule has 1 aliphatic heterocycles. The molecule has 3 rings (SSSR count). The molecule has 174 valence electrons. The molecule has 1 saturated heterocycles. The lowest BCUT2D eigenvalue weighted by Gasteiger charge is -2.41. The monoisotopic (exact) mass is 442 g/mol. The topological polar surface area (TPSA) is 62.7 Å². The van der Waals surface area contributed by atoms with E-state index < -0.39 is 17.7 Å². The Balaban J connectivity index is 2.28. The largest absolute Gasteiger partial charge is 0.479 e. The molecule has 0 bridgehead atoms. The van der Waals surface area contributed by atoms with Crippen molar-refractivity contribution in [1.82, 2.24) is 4.98 Å². The van der Waals surface area contributed by atoms with E-state index in [-0.39, 0.29) is 11.2 Å². The summed E-state index contributed by atoms with van der Waals surface area (Å²) in [5, 5.41) is 10.1. The third-order valence-electron chi connectivity index (χ3n) is 6.16. The second-order valence-electron chi connectivity index (χ2n) is 10.6. The van der Waals surface area contributed by atoms with Gasteiger partial charge in [0.1, 0.15) is 5.82 Å². The van der Waals surface area contributed by atoms with Crippen LogP contribution in [-0.2, 0) is 9.53 Å². The molecule has 0 aliphatic carbocycles. The van der Waals surface area contributed by atoms with Crippen LogP contribution in [0.4, 0.5) is 10.1 Å². The summed E-state index contributed by atoms with van der Waals surface area (Å²) in [6, 6.07) is 5.28. The second-order valence-corrected chi connectivity index (χ2v) is 10.6. The maximum absolute atomic E-state index is 15.2. The molecule has 1 N–H and O–H groups in total. The van der Waals surface area contributed by atoms with Gasteiger partial charge in [-0.15, -0.1) is 0 Å². The van der Waals surface area contributed by atoms with E-state index in [1.807, 2.05) is 26.8 Å². The maximum atomic E-state index is 15.2. The fourth-order valence-corrected chi connectivity index (χ4v) is 4.24. The van der Waals surface area contributed by atoms with E-state index in [9.17, 15) is 9.90 Å². The van der Waals surface area contributed by atoms with Gasteiger partial charge in [-0.05, 0) is 58.4 Å². The van der Waals surface area contributed by atoms with E-state index in [4.69, 9.17) is 4.74 Å². The van der Waals surface area contributed by atoms with Gasteiger partial charge in [-0.1, -0.05) is 32.0 Å². The van der Waals surface area contributed by atoms with Gasteiger partial charge in [0.25, 0.3) is 0 Å². The average Bonchev–Trinajstić information content (AvgIpc) is 2.68. The molecule has 2 heterocycles. The van der Waals surface area contributed by atoms with Crippen LogP contribution in [0.25, 0.3) is 11.1 Å². The summed E-state index contributed by atoms with van der Waals surface area (Å²) in [4.78, 5) is 19.1. The highest BCUT2D eigenvalue weighted by Gasteiger charge is 2.36. The van der Waals surface area contributed by atoms with Crippen LogP contribution >= 0.6 is 0 Å². The van der Waals surface area contributed by atoms with Crippen LogP contribution in [-0.4, -0.2) is 34.8 Å². The number of rotatable bonds is 5. The molecule has 0 amide bonds. The molecule has 6 heteroatoms. The molecule has 1 aromatic heterocycles. The molecule has 0 spiro atoms. The van der Waals surface area contributed by atoms with Gasteiger partial charge in [0.05, 0.1) is 11.3 Å². The lowest BCUT2D eigenvalue weighted by molar-refractivity contribution is -0.160. The summed E-state index contributed by atoms with van der Waals surface area (Å²) >= 11 is 0. The van der Waals surface area contributed by atoms with Crippen molar-refractivity contribution in [2.75, 3.05) is 18.0 Å². The molecule has 1 aliphatic rings. The fourth-order valence-electron chi connectivity index (χ4n) is 4.24. The first-order chi connectivity index (χ1) is 14.8. The number of aromatic nitrogens is 1. The third-order valence-corrected chi connectivity index (χ3v) is 6.16. The Bertz CT molecular complexity index is 1000. The molecule has 2 aromatic rings. The van der Waals surface area contributed by atoms with Gasteiger partial charge in [0, 0.05) is 41.7 Å². The minimum Gasteiger partial charge on any atom is -0.479 e. The van der Waals surface area contributed by atoms with Crippen molar-refractivity contribution >= 4 is 11.7 Å². The van der Waals surface area contributed by atoms with E-state index in [0.29, 0.717) is 33.6 Å². The van der Waals surface area contributed by atoms with Crippen LogP contribution in [0.3, 0.4) is 0 Å². The molecule has 0 radical (unpaired) electrons. The second kappa shape index (κ2) is 8.81. The molecule has 5 nitrogen and oxygen atoms in total. The van der Waals surface area contributed by atoms with E-state index in [2.05, 4.69) is 23.7 Å². The number of carbonyl (C=O) groups is 1. The molecule has 0 unspecified atom stereocenters. The standard InChI is InChI=1S/C26H35FN2O3/c1-16-9-8-10-18(21(16)27)19-15-28-17(2)20(23(24(30)31)32-25(3,4)5)22(19)29-13-11-26(6,7)12-14-29/h8-10,15,23H,11-14H2,1-7H3,(H,30,31)/t23-/m0/s1. The van der Waals surface area contributed by atoms with Crippen molar-refractivity contribution in [3.05, 3.63) is 47.0 Å². The zero-order chi connectivity index (χ0) is 23.8. The van der Waals surface area contributed by atoms with Gasteiger partial charge < -0.3 is 14.7 Å². The lowest BCUT2D eigenvalue weighted by atomic mass is 9.82. The van der Waals surface area contributed by atoms with Crippen LogP contribution in [0.5, 0.6) is 0 Å². The Morgan fingerprint density at radius 1 is 1.19 bits per heavy atom. The van der Waals surface area contributed by atoms with E-state index in [1.165, 1.54) is 0 Å². The zero-order valence-electron chi connectivity index (χ0n) is 20.3. The van der Waals surface area contributed by atoms with Crippen molar-refractivity contribution in [3.8, 4) is 11.1 Å². The van der Waals surface area contributed by atoms with Crippen molar-refractivity contribution in [3.63, 3.8) is 0 Å². The third kappa shape index (κ3) is 5.12. The van der Waals surface area contributed by atoms with E-state index in [0.717, 1.165) is 25.9 Å². The van der Waals surface area contributed by atoms with Crippen molar-refractivity contribution in [1.29, 1.82) is 0 Å². The number of anilines is 1. The molecular weight excluding hydrogens is 407 g/mol. The van der Waals surface area contributed by atoms with Crippen molar-refractivity contribution in [2.24, 2.45) is 5.41 Å². The predicted octanol–water partition coefficient (Wildman–Crippen LogP) is 6.07. The number of hydrogen-bond donors (Lipinski definition) is 1. The number of halogens is 1. The molecule has 1 aromatic carbocycles. The van der Waals surface area contributed by atoms with Crippen LogP contribution in [0, 0.1) is 25.1 Å². The molecular formula is C26H35FN2O3. The highest BCUT2D eigenvalue weighted by Crippen LogP contribution is 2.44. The summed E-state index contributed by atoms with van der Waals surface area (Å²) in [6.07, 6.45) is 2.38. The number of piperidine rings is 1. The summed E-state index contributed by atoms with van der Waals surface area (Å²) in [6.45, 7) is 15.0. The number of aryl methyl sites for hydroxylation is 2. The van der Waals surface area contributed by atoms with Gasteiger partial charge in [-0.2, -0.15) is 0 Å². The van der Waals surface area contributed by atoms with Gasteiger partial charge in [-0.25, -0.2) is 9.18 Å². The fraction of sp³-hybridized carbons (Fsp3) is 0.538. The highest BCUT2D eigenvalue weighted by atomic mass is 19.1. The Morgan fingerprint density at radius 3 is 2.38 bits per heavy atom. The summed E-state index contributed by atoms with van der Waals surface area (Å²) in [5.41, 5.74) is 2.91. The number of nitrogens with zero attached hydrogens (tertiary/aromatic N) is 2. The number of carboxylic acid groups (broad SMARTS) is 1. The van der Waals surface area contributed by atoms with Crippen LogP contribution in [0.15, 0.2) is 24.4 Å². The summed E-state index contributed by atoms with van der Waals surface area (Å²) in [5.74, 6) is -1.39. The molecule has 1 fully saturated rings. The highest BCUT2D eigenvalue weighted by molar-refractivity contribution is 5.86. The van der Waals surface area contributed by atoms with Gasteiger partial charge in [0.2, 0.25) is 0 Å². The first kappa shape index (κ1) is 24.2. The minimum atomic E-state index is -1.21. The number of pyridine rings is 1. The number of ether oxygens (including phenoxy) is 1. The number of benzene rings is 1. The van der Waals surface area contributed by atoms with E-state index >= 15 is 4.39 Å². The Labute approximate surface area is 190 Å². The normalized spacial score (nSPS) is 17.3. The average molecular weight is 443 g/mol. The number of carboxylic acids is 1.